The highest BCUT2D eigenvalue weighted by Gasteiger charge is 2.08. The van der Waals surface area contributed by atoms with Crippen LogP contribution in [0.25, 0.3) is 0 Å². The molecule has 6 heteroatoms. The van der Waals surface area contributed by atoms with Crippen molar-refractivity contribution >= 4 is 34.4 Å². The molecule has 0 N–H and O–H groups in total. The zero-order chi connectivity index (χ0) is 11.4. The van der Waals surface area contributed by atoms with Gasteiger partial charge in [0.05, 0.1) is 8.66 Å². The molecule has 1 aromatic heterocycles. The van der Waals surface area contributed by atoms with Crippen LogP contribution in [0.4, 0.5) is 0 Å². The number of rotatable bonds is 4. The monoisotopic (exact) mass is 340 g/mol. The van der Waals surface area contributed by atoms with Crippen molar-refractivity contribution in [3.05, 3.63) is 26.8 Å². The van der Waals surface area contributed by atoms with Crippen molar-refractivity contribution in [2.24, 2.45) is 0 Å². The van der Waals surface area contributed by atoms with Crippen LogP contribution in [0.5, 0.6) is 0 Å². The van der Waals surface area contributed by atoms with Gasteiger partial charge in [-0.1, -0.05) is 22.6 Å². The molecule has 0 fully saturated rings. The minimum Gasteiger partial charge on any atom is -0.268 e. The molecule has 1 aromatic rings. The Bertz CT molecular complexity index is 452. The minimum absolute atomic E-state index is 0.0689. The third-order valence-corrected chi connectivity index (χ3v) is 3.70. The summed E-state index contributed by atoms with van der Waals surface area (Å²) in [5.41, 5.74) is -0.174. The molecule has 0 saturated heterocycles. The number of aromatic nitrogens is 2. The van der Waals surface area contributed by atoms with Gasteiger partial charge in [-0.2, -0.15) is 0 Å². The van der Waals surface area contributed by atoms with Crippen LogP contribution in [0.1, 0.15) is 13.8 Å². The molecule has 0 atom stereocenters. The van der Waals surface area contributed by atoms with Crippen molar-refractivity contribution in [3.8, 4) is 0 Å². The maximum atomic E-state index is 11.9. The molecule has 1 rings (SSSR count). The van der Waals surface area contributed by atoms with Crippen molar-refractivity contribution in [2.45, 2.75) is 31.8 Å². The molecule has 0 aromatic carbocycles. The van der Waals surface area contributed by atoms with Crippen LogP contribution in [0, 0.1) is 0 Å². The topological polar surface area (TPSA) is 44.0 Å². The van der Waals surface area contributed by atoms with Crippen LogP contribution in [0.15, 0.2) is 20.6 Å². The van der Waals surface area contributed by atoms with E-state index in [2.05, 4.69) is 22.6 Å². The largest absolute Gasteiger partial charge is 0.279 e. The molecular formula is C9H13IN2O2S. The fourth-order valence-corrected chi connectivity index (χ4v) is 2.94. The van der Waals surface area contributed by atoms with E-state index in [1.807, 2.05) is 13.8 Å². The van der Waals surface area contributed by atoms with Gasteiger partial charge in [-0.3, -0.25) is 9.59 Å². The second kappa shape index (κ2) is 5.74. The molecule has 0 spiro atoms. The quantitative estimate of drug-likeness (QED) is 0.474. The minimum atomic E-state index is -0.105. The number of hydrogen-bond donors (Lipinski definition) is 0. The Morgan fingerprint density at radius 3 is 2.33 bits per heavy atom. The van der Waals surface area contributed by atoms with Gasteiger partial charge in [-0.05, 0) is 13.8 Å². The summed E-state index contributed by atoms with van der Waals surface area (Å²) >= 11 is 3.57. The molecule has 1 heterocycles. The SMILES string of the molecule is CCn1c(=O)cc(SCI)c(=O)n1CC. The Hall–Kier alpha value is -0.240. The van der Waals surface area contributed by atoms with Crippen LogP contribution < -0.4 is 11.1 Å². The molecule has 0 aliphatic rings. The molecule has 0 amide bonds. The van der Waals surface area contributed by atoms with Crippen molar-refractivity contribution in [3.63, 3.8) is 0 Å². The standard InChI is InChI=1S/C9H13IN2O2S/c1-3-11-8(13)5-7(15-6-10)9(14)12(11)4-2/h5H,3-4,6H2,1-2H3. The number of alkyl halides is 1. The second-order valence-corrected chi connectivity index (χ2v) is 5.65. The van der Waals surface area contributed by atoms with Crippen LogP contribution in [0.3, 0.4) is 0 Å². The molecule has 0 aliphatic heterocycles. The summed E-state index contributed by atoms with van der Waals surface area (Å²) in [5.74, 6) is 0. The predicted molar refractivity (Wildman–Crippen MR) is 71.1 cm³/mol. The summed E-state index contributed by atoms with van der Waals surface area (Å²) in [6.45, 7) is 4.78. The summed E-state index contributed by atoms with van der Waals surface area (Å²) < 4.78 is 3.74. The molecule has 0 radical (unpaired) electrons. The molecule has 15 heavy (non-hydrogen) atoms. The Morgan fingerprint density at radius 1 is 1.27 bits per heavy atom. The van der Waals surface area contributed by atoms with Crippen LogP contribution in [-0.2, 0) is 13.1 Å². The lowest BCUT2D eigenvalue weighted by Gasteiger charge is -2.12. The van der Waals surface area contributed by atoms with Crippen LogP contribution in [0.2, 0.25) is 0 Å². The van der Waals surface area contributed by atoms with Gasteiger partial charge in [0, 0.05) is 19.2 Å². The lowest BCUT2D eigenvalue weighted by atomic mass is 10.5. The summed E-state index contributed by atoms with van der Waals surface area (Å²) in [6.07, 6.45) is 0. The Labute approximate surface area is 106 Å². The average molecular weight is 340 g/mol. The molecule has 0 unspecified atom stereocenters. The summed E-state index contributed by atoms with van der Waals surface area (Å²) in [6, 6.07) is 1.43. The highest BCUT2D eigenvalue weighted by atomic mass is 127. The van der Waals surface area contributed by atoms with E-state index in [0.29, 0.717) is 18.0 Å². The van der Waals surface area contributed by atoms with Gasteiger partial charge in [-0.25, -0.2) is 9.36 Å². The van der Waals surface area contributed by atoms with Crippen molar-refractivity contribution in [1.82, 2.24) is 9.36 Å². The number of thioether (sulfide) groups is 1. The Morgan fingerprint density at radius 2 is 1.87 bits per heavy atom. The fraction of sp³-hybridized carbons (Fsp3) is 0.556. The molecule has 0 aliphatic carbocycles. The van der Waals surface area contributed by atoms with E-state index in [1.165, 1.54) is 27.2 Å². The highest BCUT2D eigenvalue weighted by molar-refractivity contribution is 14.1. The first-order valence-corrected chi connectivity index (χ1v) is 7.20. The zero-order valence-electron chi connectivity index (χ0n) is 8.70. The van der Waals surface area contributed by atoms with Gasteiger partial charge in [0.15, 0.2) is 0 Å². The van der Waals surface area contributed by atoms with Gasteiger partial charge in [0.2, 0.25) is 0 Å². The lowest BCUT2D eigenvalue weighted by molar-refractivity contribution is 0.434. The van der Waals surface area contributed by atoms with E-state index in [1.54, 1.807) is 0 Å². The highest BCUT2D eigenvalue weighted by Crippen LogP contribution is 2.13. The van der Waals surface area contributed by atoms with Gasteiger partial charge in [-0.15, -0.1) is 11.8 Å². The van der Waals surface area contributed by atoms with E-state index in [0.717, 1.165) is 3.76 Å². The molecular weight excluding hydrogens is 327 g/mol. The summed E-state index contributed by atoms with van der Waals surface area (Å²) in [7, 11) is 0. The number of halogens is 1. The van der Waals surface area contributed by atoms with Crippen molar-refractivity contribution in [2.75, 3.05) is 3.76 Å². The zero-order valence-corrected chi connectivity index (χ0v) is 11.7. The van der Waals surface area contributed by atoms with Gasteiger partial charge < -0.3 is 0 Å². The molecule has 0 bridgehead atoms. The Kier molecular flexibility index (Phi) is 4.91. The fourth-order valence-electron chi connectivity index (χ4n) is 1.41. The van der Waals surface area contributed by atoms with E-state index in [4.69, 9.17) is 0 Å². The molecule has 0 saturated carbocycles. The maximum Gasteiger partial charge on any atom is 0.279 e. The van der Waals surface area contributed by atoms with Gasteiger partial charge >= 0.3 is 0 Å². The van der Waals surface area contributed by atoms with Gasteiger partial charge in [0.25, 0.3) is 11.1 Å². The van der Waals surface area contributed by atoms with Crippen LogP contribution >= 0.6 is 34.4 Å². The lowest BCUT2D eigenvalue weighted by Crippen LogP contribution is -2.38. The van der Waals surface area contributed by atoms with Crippen molar-refractivity contribution < 1.29 is 0 Å². The first kappa shape index (κ1) is 12.8. The smallest absolute Gasteiger partial charge is 0.268 e. The van der Waals surface area contributed by atoms with Gasteiger partial charge in [0.1, 0.15) is 0 Å². The summed E-state index contributed by atoms with van der Waals surface area (Å²) in [4.78, 5) is 24.1. The molecule has 4 nitrogen and oxygen atoms in total. The third-order valence-electron chi connectivity index (χ3n) is 2.05. The molecule has 84 valence electrons. The number of hydrogen-bond acceptors (Lipinski definition) is 3. The average Bonchev–Trinajstić information content (AvgIpc) is 2.22. The van der Waals surface area contributed by atoms with E-state index in [-0.39, 0.29) is 11.1 Å². The van der Waals surface area contributed by atoms with Crippen LogP contribution in [-0.4, -0.2) is 13.1 Å². The Balaban J connectivity index is 3.45. The van der Waals surface area contributed by atoms with Crippen molar-refractivity contribution in [1.29, 1.82) is 0 Å². The van der Waals surface area contributed by atoms with E-state index < -0.39 is 0 Å². The normalized spacial score (nSPS) is 10.6. The third kappa shape index (κ3) is 2.66. The maximum absolute atomic E-state index is 11.9. The van der Waals surface area contributed by atoms with E-state index in [9.17, 15) is 9.59 Å². The first-order valence-electron chi connectivity index (χ1n) is 4.69. The number of nitrogens with zero attached hydrogens (tertiary/aromatic N) is 2. The first-order chi connectivity index (χ1) is 7.15. The van der Waals surface area contributed by atoms with E-state index >= 15 is 0 Å². The predicted octanol–water partition coefficient (Wildman–Crippen LogP) is 1.53. The summed E-state index contributed by atoms with van der Waals surface area (Å²) in [5, 5.41) is 0. The second-order valence-electron chi connectivity index (χ2n) is 2.84.